The fourth-order valence-corrected chi connectivity index (χ4v) is 3.05. The van der Waals surface area contributed by atoms with Gasteiger partial charge in [0.05, 0.1) is 0 Å². The second-order valence-corrected chi connectivity index (χ2v) is 7.55. The van der Waals surface area contributed by atoms with Crippen molar-refractivity contribution in [3.8, 4) is 0 Å². The molecule has 0 aromatic heterocycles. The summed E-state index contributed by atoms with van der Waals surface area (Å²) in [5, 5.41) is 3.19. The van der Waals surface area contributed by atoms with Crippen LogP contribution in [0, 0.1) is 11.8 Å². The second-order valence-electron chi connectivity index (χ2n) is 7.55. The highest BCUT2D eigenvalue weighted by Crippen LogP contribution is 2.20. The van der Waals surface area contributed by atoms with Gasteiger partial charge in [0.1, 0.15) is 0 Å². The van der Waals surface area contributed by atoms with E-state index in [-0.39, 0.29) is 29.5 Å². The Bertz CT molecular complexity index is 302. The Balaban J connectivity index is 0.00000400. The van der Waals surface area contributed by atoms with Gasteiger partial charge in [-0.1, -0.05) is 13.8 Å². The minimum Gasteiger partial charge on any atom is -0.370 e. The predicted molar refractivity (Wildman–Crippen MR) is 103 cm³/mol. The molecule has 1 heterocycles. The molecule has 1 saturated heterocycles. The number of nitrogens with two attached hydrogens (primary N) is 1. The number of nitrogens with one attached hydrogen (secondary N) is 1. The number of piperidine rings is 1. The van der Waals surface area contributed by atoms with E-state index in [1.807, 2.05) is 0 Å². The summed E-state index contributed by atoms with van der Waals surface area (Å²) in [6.07, 6.45) is 3.72. The van der Waals surface area contributed by atoms with E-state index in [2.05, 4.69) is 49.8 Å². The van der Waals surface area contributed by atoms with Gasteiger partial charge in [-0.3, -0.25) is 4.99 Å². The quantitative estimate of drug-likeness (QED) is 0.317. The van der Waals surface area contributed by atoms with E-state index in [9.17, 15) is 0 Å². The zero-order valence-electron chi connectivity index (χ0n) is 14.5. The number of likely N-dealkylation sites (tertiary alicyclic amines) is 1. The third-order valence-electron chi connectivity index (χ3n) is 3.61. The summed E-state index contributed by atoms with van der Waals surface area (Å²) in [6.45, 7) is 15.6. The summed E-state index contributed by atoms with van der Waals surface area (Å²) in [6, 6.07) is 0. The van der Waals surface area contributed by atoms with Crippen LogP contribution in [0.25, 0.3) is 0 Å². The first-order valence-corrected chi connectivity index (χ1v) is 8.06. The van der Waals surface area contributed by atoms with Crippen LogP contribution in [-0.2, 0) is 0 Å². The smallest absolute Gasteiger partial charge is 0.188 e. The van der Waals surface area contributed by atoms with Crippen molar-refractivity contribution in [1.82, 2.24) is 10.2 Å². The Hall–Kier alpha value is -0.0400. The van der Waals surface area contributed by atoms with Crippen LogP contribution < -0.4 is 11.1 Å². The molecular formula is C16H35IN4. The topological polar surface area (TPSA) is 53.6 Å². The molecule has 1 aliphatic heterocycles. The van der Waals surface area contributed by atoms with Crippen molar-refractivity contribution in [2.45, 2.75) is 59.4 Å². The highest BCUT2D eigenvalue weighted by atomic mass is 127. The van der Waals surface area contributed by atoms with Crippen LogP contribution in [0.1, 0.15) is 53.9 Å². The number of hydrogen-bond acceptors (Lipinski definition) is 2. The summed E-state index contributed by atoms with van der Waals surface area (Å²) >= 11 is 0. The lowest BCUT2D eigenvalue weighted by Crippen LogP contribution is -2.45. The first-order valence-electron chi connectivity index (χ1n) is 8.06. The van der Waals surface area contributed by atoms with E-state index in [4.69, 9.17) is 5.73 Å². The number of guanidine groups is 1. The van der Waals surface area contributed by atoms with E-state index >= 15 is 0 Å². The number of hydrogen-bond donors (Lipinski definition) is 2. The summed E-state index contributed by atoms with van der Waals surface area (Å²) < 4.78 is 0. The average Bonchev–Trinajstić information content (AvgIpc) is 2.24. The fourth-order valence-electron chi connectivity index (χ4n) is 3.05. The number of nitrogens with zero attached hydrogens (tertiary/aromatic N) is 2. The fraction of sp³-hybridized carbons (Fsp3) is 0.938. The zero-order valence-corrected chi connectivity index (χ0v) is 16.8. The van der Waals surface area contributed by atoms with E-state index < -0.39 is 0 Å². The molecule has 0 aromatic carbocycles. The lowest BCUT2D eigenvalue weighted by atomic mass is 9.92. The Morgan fingerprint density at radius 1 is 1.19 bits per heavy atom. The molecule has 0 bridgehead atoms. The van der Waals surface area contributed by atoms with Crippen LogP contribution in [0.5, 0.6) is 0 Å². The summed E-state index contributed by atoms with van der Waals surface area (Å²) in [7, 11) is 0. The first-order chi connectivity index (χ1) is 9.26. The molecule has 1 aliphatic rings. The molecule has 3 N–H and O–H groups in total. The van der Waals surface area contributed by atoms with Crippen LogP contribution in [0.4, 0.5) is 0 Å². The largest absolute Gasteiger partial charge is 0.370 e. The standard InChI is InChI=1S/C16H34N4.HI/c1-13-10-14(2)12-20(11-13)9-7-6-8-18-15(17)19-16(3,4)5;/h13-14H,6-12H2,1-5H3,(H3,17,18,19);1H. The molecule has 0 aromatic rings. The highest BCUT2D eigenvalue weighted by molar-refractivity contribution is 14.0. The van der Waals surface area contributed by atoms with Crippen molar-refractivity contribution in [3.05, 3.63) is 0 Å². The molecular weight excluding hydrogens is 375 g/mol. The van der Waals surface area contributed by atoms with Crippen molar-refractivity contribution in [1.29, 1.82) is 0 Å². The Labute approximate surface area is 148 Å². The second kappa shape index (κ2) is 9.87. The molecule has 0 aliphatic carbocycles. The minimum atomic E-state index is -0.00629. The molecule has 1 fully saturated rings. The molecule has 0 amide bonds. The maximum atomic E-state index is 5.85. The number of aliphatic imine (C=N–C) groups is 1. The predicted octanol–water partition coefficient (Wildman–Crippen LogP) is 3.07. The SMILES string of the molecule is CC1CC(C)CN(CCCCN=C(N)NC(C)(C)C)C1.I. The molecule has 1 rings (SSSR count). The van der Waals surface area contributed by atoms with Gasteiger partial charge in [0.15, 0.2) is 5.96 Å². The average molecular weight is 410 g/mol. The molecule has 0 saturated carbocycles. The van der Waals surface area contributed by atoms with Crippen LogP contribution >= 0.6 is 24.0 Å². The Morgan fingerprint density at radius 3 is 2.29 bits per heavy atom. The van der Waals surface area contributed by atoms with E-state index in [1.54, 1.807) is 0 Å². The van der Waals surface area contributed by atoms with Crippen molar-refractivity contribution in [2.24, 2.45) is 22.6 Å². The third kappa shape index (κ3) is 10.3. The lowest BCUT2D eigenvalue weighted by Gasteiger charge is -2.34. The minimum absolute atomic E-state index is 0. The van der Waals surface area contributed by atoms with Crippen molar-refractivity contribution in [3.63, 3.8) is 0 Å². The van der Waals surface area contributed by atoms with E-state index in [0.29, 0.717) is 5.96 Å². The van der Waals surface area contributed by atoms with Crippen LogP contribution in [-0.4, -0.2) is 42.6 Å². The van der Waals surface area contributed by atoms with Gasteiger partial charge in [-0.05, 0) is 58.4 Å². The third-order valence-corrected chi connectivity index (χ3v) is 3.61. The van der Waals surface area contributed by atoms with Gasteiger partial charge in [0, 0.05) is 25.2 Å². The van der Waals surface area contributed by atoms with Crippen LogP contribution in [0.2, 0.25) is 0 Å². The normalized spacial score (nSPS) is 24.5. The van der Waals surface area contributed by atoms with E-state index in [0.717, 1.165) is 24.8 Å². The van der Waals surface area contributed by atoms with Gasteiger partial charge in [0.2, 0.25) is 0 Å². The van der Waals surface area contributed by atoms with Crippen LogP contribution in [0.3, 0.4) is 0 Å². The van der Waals surface area contributed by atoms with Gasteiger partial charge in [-0.2, -0.15) is 0 Å². The Kier molecular flexibility index (Phi) is 9.85. The molecule has 21 heavy (non-hydrogen) atoms. The maximum Gasteiger partial charge on any atom is 0.188 e. The van der Waals surface area contributed by atoms with Gasteiger partial charge in [-0.15, -0.1) is 24.0 Å². The molecule has 126 valence electrons. The molecule has 4 nitrogen and oxygen atoms in total. The van der Waals surface area contributed by atoms with Gasteiger partial charge in [0.25, 0.3) is 0 Å². The van der Waals surface area contributed by atoms with Gasteiger partial charge >= 0.3 is 0 Å². The monoisotopic (exact) mass is 410 g/mol. The van der Waals surface area contributed by atoms with E-state index in [1.165, 1.54) is 32.5 Å². The first kappa shape index (κ1) is 21.0. The molecule has 0 spiro atoms. The zero-order chi connectivity index (χ0) is 15.2. The number of halogens is 1. The number of unbranched alkanes of at least 4 members (excludes halogenated alkanes) is 1. The molecule has 2 atom stereocenters. The van der Waals surface area contributed by atoms with Crippen molar-refractivity contribution in [2.75, 3.05) is 26.2 Å². The molecule has 2 unspecified atom stereocenters. The summed E-state index contributed by atoms with van der Waals surface area (Å²) in [4.78, 5) is 7.00. The van der Waals surface area contributed by atoms with Gasteiger partial charge < -0.3 is 16.0 Å². The van der Waals surface area contributed by atoms with Crippen LogP contribution in [0.15, 0.2) is 4.99 Å². The van der Waals surface area contributed by atoms with Crippen molar-refractivity contribution < 1.29 is 0 Å². The maximum absolute atomic E-state index is 5.85. The lowest BCUT2D eigenvalue weighted by molar-refractivity contribution is 0.139. The highest BCUT2D eigenvalue weighted by Gasteiger charge is 2.20. The molecule has 0 radical (unpaired) electrons. The number of rotatable bonds is 5. The van der Waals surface area contributed by atoms with Gasteiger partial charge in [-0.25, -0.2) is 0 Å². The summed E-state index contributed by atoms with van der Waals surface area (Å²) in [5.74, 6) is 2.27. The van der Waals surface area contributed by atoms with Crippen molar-refractivity contribution >= 4 is 29.9 Å². The summed E-state index contributed by atoms with van der Waals surface area (Å²) in [5.41, 5.74) is 5.84. The Morgan fingerprint density at radius 2 is 1.76 bits per heavy atom. The molecule has 5 heteroatoms.